The predicted molar refractivity (Wildman–Crippen MR) is 179 cm³/mol. The van der Waals surface area contributed by atoms with E-state index in [2.05, 4.69) is 10.6 Å². The SMILES string of the molecule is Cc1ccc(CSC[C@H](NC(=O)OC(C)(C)C)C(=O)NCCCC[C@@H](C(=O)O)N(CC(C)C)S(=O)(=O)c2ccc(C)cc2)cc1. The van der Waals surface area contributed by atoms with Crippen LogP contribution < -0.4 is 10.6 Å². The molecule has 0 unspecified atom stereocenters. The molecule has 0 aliphatic rings. The lowest BCUT2D eigenvalue weighted by Crippen LogP contribution is -2.49. The number of thioether (sulfide) groups is 1. The van der Waals surface area contributed by atoms with Crippen molar-refractivity contribution in [3.8, 4) is 0 Å². The molecule has 0 aromatic heterocycles. The number of ether oxygens (including phenoxy) is 1. The molecular weight excluding hydrogens is 615 g/mol. The fraction of sp³-hybridized carbons (Fsp3) is 0.545. The molecule has 0 bridgehead atoms. The highest BCUT2D eigenvalue weighted by Crippen LogP contribution is 2.23. The molecule has 0 fully saturated rings. The number of nitrogens with one attached hydrogen (secondary N) is 2. The highest BCUT2D eigenvalue weighted by Gasteiger charge is 2.36. The normalized spacial score (nSPS) is 13.4. The number of nitrogens with zero attached hydrogens (tertiary/aromatic N) is 1. The summed E-state index contributed by atoms with van der Waals surface area (Å²) in [6, 6.07) is 12.4. The van der Waals surface area contributed by atoms with Crippen molar-refractivity contribution in [3.63, 3.8) is 0 Å². The number of aryl methyl sites for hydroxylation is 2. The first-order valence-electron chi connectivity index (χ1n) is 15.2. The van der Waals surface area contributed by atoms with Crippen LogP contribution in [0, 0.1) is 19.8 Å². The number of carbonyl (C=O) groups excluding carboxylic acids is 2. The Labute approximate surface area is 272 Å². The van der Waals surface area contributed by atoms with Crippen LogP contribution in [0.4, 0.5) is 4.79 Å². The molecule has 0 aliphatic carbocycles. The molecule has 2 aromatic rings. The van der Waals surface area contributed by atoms with E-state index in [0.717, 1.165) is 21.0 Å². The molecule has 2 amide bonds. The van der Waals surface area contributed by atoms with Crippen LogP contribution in [0.15, 0.2) is 53.4 Å². The number of sulfonamides is 1. The molecule has 45 heavy (non-hydrogen) atoms. The van der Waals surface area contributed by atoms with E-state index < -0.39 is 39.8 Å². The molecule has 0 radical (unpaired) electrons. The molecular formula is C33H49N3O7S2. The maximum atomic E-state index is 13.5. The number of hydrogen-bond acceptors (Lipinski definition) is 7. The number of alkyl carbamates (subject to hydrolysis) is 1. The van der Waals surface area contributed by atoms with Gasteiger partial charge in [-0.3, -0.25) is 9.59 Å². The van der Waals surface area contributed by atoms with Gasteiger partial charge in [-0.25, -0.2) is 13.2 Å². The van der Waals surface area contributed by atoms with Crippen molar-refractivity contribution in [2.24, 2.45) is 5.92 Å². The first-order valence-corrected chi connectivity index (χ1v) is 17.8. The van der Waals surface area contributed by atoms with Gasteiger partial charge in [-0.1, -0.05) is 61.4 Å². The molecule has 0 spiro atoms. The number of hydrogen-bond donors (Lipinski definition) is 3. The van der Waals surface area contributed by atoms with E-state index >= 15 is 0 Å². The van der Waals surface area contributed by atoms with Crippen molar-refractivity contribution in [1.29, 1.82) is 0 Å². The number of benzene rings is 2. The Balaban J connectivity index is 2.02. The minimum Gasteiger partial charge on any atom is -0.480 e. The largest absolute Gasteiger partial charge is 0.480 e. The average Bonchev–Trinajstić information content (AvgIpc) is 2.93. The summed E-state index contributed by atoms with van der Waals surface area (Å²) in [6.45, 7) is 13.1. The van der Waals surface area contributed by atoms with Crippen molar-refractivity contribution < 1.29 is 32.6 Å². The second-order valence-corrected chi connectivity index (χ2v) is 15.5. The Morgan fingerprint density at radius 3 is 2.07 bits per heavy atom. The highest BCUT2D eigenvalue weighted by atomic mass is 32.2. The molecule has 3 N–H and O–H groups in total. The first-order chi connectivity index (χ1) is 21.0. The Morgan fingerprint density at radius 2 is 1.53 bits per heavy atom. The lowest BCUT2D eigenvalue weighted by atomic mass is 10.1. The second-order valence-electron chi connectivity index (χ2n) is 12.6. The summed E-state index contributed by atoms with van der Waals surface area (Å²) in [5, 5.41) is 15.5. The van der Waals surface area contributed by atoms with E-state index in [1.807, 2.05) is 52.0 Å². The van der Waals surface area contributed by atoms with Gasteiger partial charge < -0.3 is 20.5 Å². The van der Waals surface area contributed by atoms with Gasteiger partial charge in [-0.2, -0.15) is 16.1 Å². The predicted octanol–water partition coefficient (Wildman–Crippen LogP) is 5.52. The third-order valence-electron chi connectivity index (χ3n) is 6.69. The number of amides is 2. The van der Waals surface area contributed by atoms with E-state index in [4.69, 9.17) is 4.74 Å². The van der Waals surface area contributed by atoms with Gasteiger partial charge in [-0.05, 0) is 77.5 Å². The summed E-state index contributed by atoms with van der Waals surface area (Å²) in [5.41, 5.74) is 2.43. The van der Waals surface area contributed by atoms with Gasteiger partial charge >= 0.3 is 12.1 Å². The van der Waals surface area contributed by atoms with Crippen LogP contribution >= 0.6 is 11.8 Å². The van der Waals surface area contributed by atoms with Crippen molar-refractivity contribution in [2.45, 2.75) is 96.1 Å². The van der Waals surface area contributed by atoms with Crippen LogP contribution in [0.1, 0.15) is 70.6 Å². The molecule has 0 saturated heterocycles. The molecule has 0 aliphatic heterocycles. The third-order valence-corrected chi connectivity index (χ3v) is 9.69. The van der Waals surface area contributed by atoms with Gasteiger partial charge in [0.15, 0.2) is 0 Å². The van der Waals surface area contributed by atoms with Crippen molar-refractivity contribution in [1.82, 2.24) is 14.9 Å². The van der Waals surface area contributed by atoms with Crippen LogP contribution in [0.3, 0.4) is 0 Å². The summed E-state index contributed by atoms with van der Waals surface area (Å²) < 4.78 is 33.4. The maximum absolute atomic E-state index is 13.5. The maximum Gasteiger partial charge on any atom is 0.408 e. The van der Waals surface area contributed by atoms with Crippen LogP contribution in [-0.4, -0.2) is 72.3 Å². The van der Waals surface area contributed by atoms with Gasteiger partial charge in [0, 0.05) is 24.6 Å². The van der Waals surface area contributed by atoms with Gasteiger partial charge in [0.25, 0.3) is 0 Å². The van der Waals surface area contributed by atoms with Crippen molar-refractivity contribution in [3.05, 3.63) is 65.2 Å². The Morgan fingerprint density at radius 1 is 0.956 bits per heavy atom. The van der Waals surface area contributed by atoms with Crippen LogP contribution in [0.25, 0.3) is 0 Å². The Hall–Kier alpha value is -3.09. The molecule has 10 nitrogen and oxygen atoms in total. The zero-order valence-electron chi connectivity index (χ0n) is 27.5. The zero-order chi connectivity index (χ0) is 33.8. The standard InChI is InChI=1S/C33H49N3O7S2/c1-23(2)20-36(45(41,42)27-17-13-25(4)14-18-27)29(31(38)39)10-8-9-19-34-30(37)28(35-32(40)43-33(5,6)7)22-44-21-26-15-11-24(3)12-16-26/h11-18,23,28-29H,8-10,19-22H2,1-7H3,(H,34,37)(H,35,40)(H,38,39)/t28-,29-/m0/s1. The van der Waals surface area contributed by atoms with Gasteiger partial charge in [0.2, 0.25) is 15.9 Å². The molecule has 2 rings (SSSR count). The van der Waals surface area contributed by atoms with Gasteiger partial charge in [0.05, 0.1) is 4.90 Å². The van der Waals surface area contributed by atoms with E-state index in [9.17, 15) is 27.9 Å². The quantitative estimate of drug-likeness (QED) is 0.188. The number of carboxylic acids is 1. The van der Waals surface area contributed by atoms with E-state index in [-0.39, 0.29) is 36.2 Å². The smallest absolute Gasteiger partial charge is 0.408 e. The zero-order valence-corrected chi connectivity index (χ0v) is 29.1. The number of carboxylic acid groups (broad SMARTS) is 1. The average molecular weight is 664 g/mol. The number of carbonyl (C=O) groups is 3. The van der Waals surface area contributed by atoms with E-state index in [1.54, 1.807) is 32.9 Å². The van der Waals surface area contributed by atoms with Crippen LogP contribution in [0.2, 0.25) is 0 Å². The lowest BCUT2D eigenvalue weighted by molar-refractivity contribution is -0.142. The summed E-state index contributed by atoms with van der Waals surface area (Å²) in [6.07, 6.45) is 0.171. The van der Waals surface area contributed by atoms with Gasteiger partial charge in [-0.15, -0.1) is 0 Å². The summed E-state index contributed by atoms with van der Waals surface area (Å²) in [7, 11) is -4.05. The minimum absolute atomic E-state index is 0.0519. The molecule has 2 atom stereocenters. The summed E-state index contributed by atoms with van der Waals surface area (Å²) in [4.78, 5) is 37.9. The third kappa shape index (κ3) is 13.4. The number of unbranched alkanes of at least 4 members (excludes halogenated alkanes) is 1. The van der Waals surface area contributed by atoms with Crippen molar-refractivity contribution >= 4 is 39.8 Å². The Kier molecular flexibility index (Phi) is 14.9. The Bertz CT molecular complexity index is 1360. The second kappa shape index (κ2) is 17.6. The minimum atomic E-state index is -4.05. The molecule has 0 heterocycles. The molecule has 250 valence electrons. The molecule has 0 saturated carbocycles. The lowest BCUT2D eigenvalue weighted by Gasteiger charge is -2.29. The molecule has 2 aromatic carbocycles. The number of aliphatic carboxylic acids is 1. The first kappa shape index (κ1) is 38.1. The van der Waals surface area contributed by atoms with Crippen LogP contribution in [0.5, 0.6) is 0 Å². The van der Waals surface area contributed by atoms with Crippen LogP contribution in [-0.2, 0) is 30.1 Å². The number of rotatable bonds is 17. The molecule has 12 heteroatoms. The highest BCUT2D eigenvalue weighted by molar-refractivity contribution is 7.98. The van der Waals surface area contributed by atoms with Gasteiger partial charge in [0.1, 0.15) is 17.7 Å². The fourth-order valence-electron chi connectivity index (χ4n) is 4.40. The van der Waals surface area contributed by atoms with E-state index in [1.165, 1.54) is 23.9 Å². The summed E-state index contributed by atoms with van der Waals surface area (Å²) in [5.74, 6) is -0.710. The topological polar surface area (TPSA) is 142 Å². The fourth-order valence-corrected chi connectivity index (χ4v) is 7.19. The van der Waals surface area contributed by atoms with E-state index in [0.29, 0.717) is 24.3 Å². The monoisotopic (exact) mass is 663 g/mol. The van der Waals surface area contributed by atoms with Crippen molar-refractivity contribution in [2.75, 3.05) is 18.8 Å². The summed E-state index contributed by atoms with van der Waals surface area (Å²) >= 11 is 1.51.